The Morgan fingerprint density at radius 2 is 1.76 bits per heavy atom. The minimum atomic E-state index is -1.04. The van der Waals surface area contributed by atoms with Crippen LogP contribution < -0.4 is 5.32 Å². The maximum Gasteiger partial charge on any atom is 0.251 e. The molecule has 128 valence electrons. The number of nitrogens with zero attached hydrogens (tertiary/aromatic N) is 3. The van der Waals surface area contributed by atoms with Crippen molar-refractivity contribution in [2.24, 2.45) is 0 Å². The first kappa shape index (κ1) is 17.0. The van der Waals surface area contributed by atoms with E-state index in [0.29, 0.717) is 23.5 Å². The van der Waals surface area contributed by atoms with Crippen molar-refractivity contribution < 1.29 is 9.00 Å². The zero-order valence-electron chi connectivity index (χ0n) is 13.8. The average molecular weight is 354 g/mol. The van der Waals surface area contributed by atoms with Gasteiger partial charge in [0.05, 0.1) is 6.54 Å². The summed E-state index contributed by atoms with van der Waals surface area (Å²) in [7, 11) is -1.04. The van der Waals surface area contributed by atoms with E-state index in [1.807, 2.05) is 24.3 Å². The van der Waals surface area contributed by atoms with Crippen LogP contribution in [0, 0.1) is 0 Å². The fourth-order valence-electron chi connectivity index (χ4n) is 2.35. The van der Waals surface area contributed by atoms with Gasteiger partial charge in [-0.2, -0.15) is 5.10 Å². The first-order valence-corrected chi connectivity index (χ1v) is 9.29. The van der Waals surface area contributed by atoms with Crippen molar-refractivity contribution in [3.63, 3.8) is 0 Å². The van der Waals surface area contributed by atoms with Gasteiger partial charge in [-0.05, 0) is 35.4 Å². The van der Waals surface area contributed by atoms with E-state index in [4.69, 9.17) is 0 Å². The number of benzene rings is 2. The molecule has 3 rings (SSSR count). The molecule has 0 spiro atoms. The van der Waals surface area contributed by atoms with Crippen LogP contribution in [0.15, 0.2) is 66.1 Å². The second kappa shape index (κ2) is 7.85. The molecule has 0 saturated carbocycles. The average Bonchev–Trinajstić information content (AvgIpc) is 3.14. The summed E-state index contributed by atoms with van der Waals surface area (Å²) in [6.45, 7) is 1.11. The van der Waals surface area contributed by atoms with Crippen LogP contribution in [0.2, 0.25) is 0 Å². The first-order chi connectivity index (χ1) is 12.1. The highest BCUT2D eigenvalue weighted by Crippen LogP contribution is 2.09. The monoisotopic (exact) mass is 354 g/mol. The van der Waals surface area contributed by atoms with Crippen molar-refractivity contribution in [2.45, 2.75) is 18.0 Å². The number of aromatic nitrogens is 3. The topological polar surface area (TPSA) is 76.9 Å². The Morgan fingerprint density at radius 1 is 1.08 bits per heavy atom. The molecular weight excluding hydrogens is 336 g/mol. The molecule has 1 atom stereocenters. The van der Waals surface area contributed by atoms with Crippen LogP contribution in [-0.2, 0) is 23.9 Å². The van der Waals surface area contributed by atoms with E-state index < -0.39 is 10.8 Å². The standard InChI is InChI=1S/C18H18N4O2S/c1-25(24)17-8-6-16(7-9-17)18(23)20-10-14-2-4-15(5-3-14)11-22-13-19-12-21-22/h2-9,12-13H,10-11H2,1H3,(H,20,23)/t25-/m1/s1. The molecule has 0 bridgehead atoms. The number of hydrogen-bond acceptors (Lipinski definition) is 4. The third-order valence-electron chi connectivity index (χ3n) is 3.74. The predicted octanol–water partition coefficient (Wildman–Crippen LogP) is 1.99. The highest BCUT2D eigenvalue weighted by atomic mass is 32.2. The van der Waals surface area contributed by atoms with E-state index in [-0.39, 0.29) is 5.91 Å². The number of rotatable bonds is 6. The molecule has 25 heavy (non-hydrogen) atoms. The van der Waals surface area contributed by atoms with Crippen molar-refractivity contribution in [3.05, 3.63) is 77.9 Å². The molecule has 0 fully saturated rings. The Morgan fingerprint density at radius 3 is 2.36 bits per heavy atom. The Balaban J connectivity index is 1.55. The van der Waals surface area contributed by atoms with Gasteiger partial charge in [0.2, 0.25) is 0 Å². The van der Waals surface area contributed by atoms with Gasteiger partial charge in [0.15, 0.2) is 0 Å². The number of nitrogens with one attached hydrogen (secondary N) is 1. The van der Waals surface area contributed by atoms with Gasteiger partial charge in [-0.1, -0.05) is 24.3 Å². The molecule has 1 heterocycles. The van der Waals surface area contributed by atoms with E-state index >= 15 is 0 Å². The Bertz CT molecular complexity index is 859. The van der Waals surface area contributed by atoms with Crippen LogP contribution in [0.1, 0.15) is 21.5 Å². The number of hydrogen-bond donors (Lipinski definition) is 1. The summed E-state index contributed by atoms with van der Waals surface area (Å²) in [6.07, 6.45) is 4.80. The fourth-order valence-corrected chi connectivity index (χ4v) is 2.87. The molecule has 7 heteroatoms. The maximum absolute atomic E-state index is 12.2. The molecule has 0 aliphatic carbocycles. The summed E-state index contributed by atoms with van der Waals surface area (Å²) in [6, 6.07) is 14.8. The highest BCUT2D eigenvalue weighted by Gasteiger charge is 2.06. The van der Waals surface area contributed by atoms with Crippen molar-refractivity contribution in [2.75, 3.05) is 6.26 Å². The molecule has 1 aromatic heterocycles. The number of carbonyl (C=O) groups is 1. The molecule has 3 aromatic rings. The van der Waals surface area contributed by atoms with Crippen LogP contribution in [0.4, 0.5) is 0 Å². The summed E-state index contributed by atoms with van der Waals surface area (Å²) < 4.78 is 13.1. The Kier molecular flexibility index (Phi) is 5.35. The molecule has 6 nitrogen and oxygen atoms in total. The van der Waals surface area contributed by atoms with Crippen molar-refractivity contribution >= 4 is 16.7 Å². The zero-order valence-corrected chi connectivity index (χ0v) is 14.6. The second-order valence-corrected chi connectivity index (χ2v) is 6.95. The van der Waals surface area contributed by atoms with E-state index in [2.05, 4.69) is 15.4 Å². The van der Waals surface area contributed by atoms with Gasteiger partial charge in [0, 0.05) is 34.1 Å². The molecule has 0 saturated heterocycles. The van der Waals surface area contributed by atoms with Gasteiger partial charge in [-0.25, -0.2) is 9.67 Å². The molecule has 0 aliphatic heterocycles. The summed E-state index contributed by atoms with van der Waals surface area (Å²) in [5.41, 5.74) is 2.68. The molecule has 0 aliphatic rings. The third kappa shape index (κ3) is 4.60. The Hall–Kier alpha value is -2.80. The summed E-state index contributed by atoms with van der Waals surface area (Å²) in [5, 5.41) is 6.96. The lowest BCUT2D eigenvalue weighted by Gasteiger charge is -2.07. The van der Waals surface area contributed by atoms with Gasteiger partial charge in [-0.3, -0.25) is 9.00 Å². The lowest BCUT2D eigenvalue weighted by atomic mass is 10.1. The summed E-state index contributed by atoms with van der Waals surface area (Å²) in [5.74, 6) is -0.153. The van der Waals surface area contributed by atoms with Gasteiger partial charge in [-0.15, -0.1) is 0 Å². The molecular formula is C18H18N4O2S. The number of amides is 1. The van der Waals surface area contributed by atoms with E-state index in [1.165, 1.54) is 6.33 Å². The van der Waals surface area contributed by atoms with Gasteiger partial charge >= 0.3 is 0 Å². The first-order valence-electron chi connectivity index (χ1n) is 7.74. The minimum Gasteiger partial charge on any atom is -0.348 e. The molecule has 2 aromatic carbocycles. The fraction of sp³-hybridized carbons (Fsp3) is 0.167. The van der Waals surface area contributed by atoms with Gasteiger partial charge in [0.25, 0.3) is 5.91 Å². The quantitative estimate of drug-likeness (QED) is 0.734. The predicted molar refractivity (Wildman–Crippen MR) is 95.5 cm³/mol. The maximum atomic E-state index is 12.2. The zero-order chi connectivity index (χ0) is 17.6. The molecule has 0 unspecified atom stereocenters. The Labute approximate surface area is 148 Å². The summed E-state index contributed by atoms with van der Waals surface area (Å²) >= 11 is 0. The second-order valence-electron chi connectivity index (χ2n) is 5.57. The van der Waals surface area contributed by atoms with E-state index in [0.717, 1.165) is 11.1 Å². The largest absolute Gasteiger partial charge is 0.348 e. The van der Waals surface area contributed by atoms with Crippen LogP contribution in [0.5, 0.6) is 0 Å². The summed E-state index contributed by atoms with van der Waals surface area (Å²) in [4.78, 5) is 16.8. The highest BCUT2D eigenvalue weighted by molar-refractivity contribution is 7.84. The van der Waals surface area contributed by atoms with Crippen molar-refractivity contribution in [3.8, 4) is 0 Å². The lowest BCUT2D eigenvalue weighted by molar-refractivity contribution is 0.0951. The van der Waals surface area contributed by atoms with Crippen LogP contribution in [0.25, 0.3) is 0 Å². The van der Waals surface area contributed by atoms with E-state index in [1.54, 1.807) is 41.5 Å². The van der Waals surface area contributed by atoms with Gasteiger partial charge in [0.1, 0.15) is 12.7 Å². The van der Waals surface area contributed by atoms with Crippen molar-refractivity contribution in [1.82, 2.24) is 20.1 Å². The van der Waals surface area contributed by atoms with Crippen LogP contribution in [0.3, 0.4) is 0 Å². The molecule has 1 N–H and O–H groups in total. The minimum absolute atomic E-state index is 0.153. The van der Waals surface area contributed by atoms with Crippen LogP contribution in [-0.4, -0.2) is 31.1 Å². The van der Waals surface area contributed by atoms with Gasteiger partial charge < -0.3 is 5.32 Å². The lowest BCUT2D eigenvalue weighted by Crippen LogP contribution is -2.22. The van der Waals surface area contributed by atoms with Crippen LogP contribution >= 0.6 is 0 Å². The SMILES string of the molecule is C[S@@](=O)c1ccc(C(=O)NCc2ccc(Cn3cncn3)cc2)cc1. The third-order valence-corrected chi connectivity index (χ3v) is 4.67. The smallest absolute Gasteiger partial charge is 0.251 e. The normalized spacial score (nSPS) is 11.9. The number of carbonyl (C=O) groups excluding carboxylic acids is 1. The molecule has 0 radical (unpaired) electrons. The molecule has 1 amide bonds. The van der Waals surface area contributed by atoms with E-state index in [9.17, 15) is 9.00 Å². The van der Waals surface area contributed by atoms with Crippen molar-refractivity contribution in [1.29, 1.82) is 0 Å².